The van der Waals surface area contributed by atoms with Gasteiger partial charge in [0, 0.05) is 6.20 Å². The molecule has 6 N–H and O–H groups in total. The van der Waals surface area contributed by atoms with Crippen LogP contribution in [0.4, 0.5) is 5.82 Å². The number of quaternary nitrogens is 1. The Morgan fingerprint density at radius 3 is 2.16 bits per heavy atom. The zero-order chi connectivity index (χ0) is 33.1. The summed E-state index contributed by atoms with van der Waals surface area (Å²) in [7, 11) is -10.2. The Kier molecular flexibility index (Phi) is 16.1. The molecule has 0 radical (unpaired) electrons. The van der Waals surface area contributed by atoms with Gasteiger partial charge in [-0.25, -0.2) is 13.7 Å². The van der Waals surface area contributed by atoms with Gasteiger partial charge in [-0.3, -0.25) is 18.2 Å². The van der Waals surface area contributed by atoms with E-state index in [1.54, 1.807) is 0 Å². The number of nitrogens with zero attached hydrogens (tertiary/aromatic N) is 3. The number of hydrogen-bond donors (Lipinski definition) is 5. The van der Waals surface area contributed by atoms with Crippen LogP contribution < -0.4 is 16.3 Å². The van der Waals surface area contributed by atoms with Crippen molar-refractivity contribution in [2.24, 2.45) is 0 Å². The number of aliphatic hydroxyl groups is 2. The summed E-state index contributed by atoms with van der Waals surface area (Å²) >= 11 is 0. The molecule has 1 aromatic rings. The lowest BCUT2D eigenvalue weighted by atomic mass is 10.1. The molecule has 18 nitrogen and oxygen atoms in total. The van der Waals surface area contributed by atoms with E-state index >= 15 is 0 Å². The van der Waals surface area contributed by atoms with Crippen LogP contribution in [0.5, 0.6) is 0 Å². The highest BCUT2D eigenvalue weighted by Gasteiger charge is 2.45. The predicted octanol–water partition coefficient (Wildman–Crippen LogP) is 0.699. The number of anilines is 1. The summed E-state index contributed by atoms with van der Waals surface area (Å²) in [5.74, 6) is -0.155. The van der Waals surface area contributed by atoms with Crippen LogP contribution in [-0.4, -0.2) is 94.1 Å². The van der Waals surface area contributed by atoms with Crippen molar-refractivity contribution in [3.05, 3.63) is 22.7 Å². The van der Waals surface area contributed by atoms with E-state index in [0.29, 0.717) is 6.42 Å². The molecule has 1 saturated heterocycles. The molecule has 1 aromatic heterocycles. The minimum atomic E-state index is -5.23. The van der Waals surface area contributed by atoms with Crippen LogP contribution >= 0.6 is 15.6 Å². The number of unbranched alkanes of at least 4 members (excludes halogenated alkanes) is 7. The zero-order valence-corrected chi connectivity index (χ0v) is 27.2. The van der Waals surface area contributed by atoms with E-state index in [0.717, 1.165) is 17.4 Å². The van der Waals surface area contributed by atoms with Gasteiger partial charge in [0.05, 0.1) is 33.5 Å². The first-order valence-electron chi connectivity index (χ1n) is 13.5. The second-order valence-corrected chi connectivity index (χ2v) is 15.1. The number of nitrogen functional groups attached to an aromatic ring is 1. The quantitative estimate of drug-likeness (QED) is 0.0497. The van der Waals surface area contributed by atoms with Gasteiger partial charge in [0.25, 0.3) is 10.1 Å². The highest BCUT2D eigenvalue weighted by molar-refractivity contribution is 7.85. The SMILES string of the molecule is CCCCCCCCCCS(=O)(=O)O.C[N+](C)(C)OP(=O)([O-])OP(=O)(O)OC[C@H]1O[C@@H](n2ccc(N)nc2=O)[C@H](O)[C@@H]1O. The van der Waals surface area contributed by atoms with Crippen molar-refractivity contribution in [1.29, 1.82) is 0 Å². The maximum Gasteiger partial charge on any atom is 0.478 e. The van der Waals surface area contributed by atoms with Crippen LogP contribution in [-0.2, 0) is 37.4 Å². The van der Waals surface area contributed by atoms with Gasteiger partial charge in [-0.1, -0.05) is 51.9 Å². The fraction of sp³-hybridized carbons (Fsp3) is 0.818. The molecule has 2 heterocycles. The topological polar surface area (TPSA) is 270 Å². The number of phosphoric ester groups is 1. The van der Waals surface area contributed by atoms with Crippen molar-refractivity contribution < 1.29 is 64.9 Å². The molecule has 0 amide bonds. The van der Waals surface area contributed by atoms with Gasteiger partial charge in [-0.05, 0) is 12.5 Å². The third-order valence-corrected chi connectivity index (χ3v) is 9.26. The first-order valence-corrected chi connectivity index (χ1v) is 18.1. The molecular formula is C22H44N4O14P2S. The van der Waals surface area contributed by atoms with Gasteiger partial charge in [0.2, 0.25) is 0 Å². The number of hydrogen-bond acceptors (Lipinski definition) is 14. The minimum absolute atomic E-state index is 0.0734. The Labute approximate surface area is 250 Å². The van der Waals surface area contributed by atoms with Crippen molar-refractivity contribution in [3.63, 3.8) is 0 Å². The molecule has 0 aromatic carbocycles. The number of aromatic nitrogens is 2. The van der Waals surface area contributed by atoms with E-state index in [1.165, 1.54) is 65.5 Å². The first kappa shape index (κ1) is 39.7. The molecule has 0 saturated carbocycles. The molecule has 0 spiro atoms. The molecule has 1 aliphatic heterocycles. The first-order chi connectivity index (χ1) is 19.7. The van der Waals surface area contributed by atoms with E-state index in [4.69, 9.17) is 15.0 Å². The summed E-state index contributed by atoms with van der Waals surface area (Å²) in [4.78, 5) is 36.6. The van der Waals surface area contributed by atoms with E-state index in [9.17, 15) is 42.3 Å². The molecule has 6 atom stereocenters. The van der Waals surface area contributed by atoms with Crippen LogP contribution in [0.2, 0.25) is 0 Å². The smallest absolute Gasteiger partial charge is 0.478 e. The largest absolute Gasteiger partial charge is 0.752 e. The van der Waals surface area contributed by atoms with E-state index in [-0.39, 0.29) is 11.6 Å². The van der Waals surface area contributed by atoms with Crippen LogP contribution in [0.3, 0.4) is 0 Å². The monoisotopic (exact) mass is 682 g/mol. The van der Waals surface area contributed by atoms with Crippen molar-refractivity contribution >= 4 is 31.6 Å². The number of rotatable bonds is 17. The maximum atomic E-state index is 11.9. The zero-order valence-electron chi connectivity index (χ0n) is 24.6. The number of aliphatic hydroxyl groups excluding tert-OH is 2. The Hall–Kier alpha value is -1.31. The molecule has 21 heteroatoms. The second-order valence-electron chi connectivity index (χ2n) is 10.6. The number of hydroxylamine groups is 3. The minimum Gasteiger partial charge on any atom is -0.752 e. The summed E-state index contributed by atoms with van der Waals surface area (Å²) in [6.45, 7) is 1.33. The molecule has 43 heavy (non-hydrogen) atoms. The molecule has 252 valence electrons. The van der Waals surface area contributed by atoms with Crippen molar-refractivity contribution in [1.82, 2.24) is 9.55 Å². The van der Waals surface area contributed by atoms with Gasteiger partial charge in [-0.15, -0.1) is 4.62 Å². The Balaban J connectivity index is 0.000000557. The molecule has 2 rings (SSSR count). The summed E-state index contributed by atoms with van der Waals surface area (Å²) in [5, 5.41) is 20.1. The summed E-state index contributed by atoms with van der Waals surface area (Å²) in [5.41, 5.74) is 4.50. The van der Waals surface area contributed by atoms with Crippen LogP contribution in [0, 0.1) is 0 Å². The lowest BCUT2D eigenvalue weighted by molar-refractivity contribution is -1.04. The fourth-order valence-electron chi connectivity index (χ4n) is 3.77. The number of nitrogens with two attached hydrogens (primary N) is 1. The Morgan fingerprint density at radius 1 is 1.09 bits per heavy atom. The van der Waals surface area contributed by atoms with Gasteiger partial charge in [0.1, 0.15) is 24.1 Å². The fourth-order valence-corrected chi connectivity index (χ4v) is 6.59. The second kappa shape index (κ2) is 17.4. The van der Waals surface area contributed by atoms with Gasteiger partial charge in [-0.2, -0.15) is 18.0 Å². The number of phosphoric acid groups is 2. The van der Waals surface area contributed by atoms with E-state index in [1.807, 2.05) is 0 Å². The highest BCUT2D eigenvalue weighted by Crippen LogP contribution is 2.59. The van der Waals surface area contributed by atoms with Gasteiger partial charge >= 0.3 is 21.3 Å². The molecule has 0 aliphatic carbocycles. The normalized spacial score (nSPS) is 23.7. The van der Waals surface area contributed by atoms with E-state index in [2.05, 4.69) is 25.4 Å². The van der Waals surface area contributed by atoms with Crippen molar-refractivity contribution in [3.8, 4) is 0 Å². The standard InChI is InChI=1S/C12H22N4O11P2.C10H22O3S/c1-16(2,3)26-29(22,23)27-28(20,21)24-6-7-9(17)10(18)11(25-7)15-5-4-8(13)14-12(15)19;1-2-3-4-5-6-7-8-9-10-14(11,12)13/h4-5,7,9-11,17-18H,6H2,1-3H3,(H3-,13,14,19,20,21,22,23);2-10H2,1H3,(H,11,12,13)/t7-,9-,10-,11-;/m1./s1. The molecular weight excluding hydrogens is 638 g/mol. The molecule has 1 aliphatic rings. The predicted molar refractivity (Wildman–Crippen MR) is 151 cm³/mol. The Morgan fingerprint density at radius 2 is 1.65 bits per heavy atom. The highest BCUT2D eigenvalue weighted by atomic mass is 32.2. The van der Waals surface area contributed by atoms with Crippen LogP contribution in [0.25, 0.3) is 0 Å². The molecule has 2 unspecified atom stereocenters. The lowest BCUT2D eigenvalue weighted by Crippen LogP contribution is -2.36. The third-order valence-electron chi connectivity index (χ3n) is 5.67. The summed E-state index contributed by atoms with van der Waals surface area (Å²) in [6, 6.07) is 1.25. The summed E-state index contributed by atoms with van der Waals surface area (Å²) < 4.78 is 71.3. The maximum absolute atomic E-state index is 11.9. The van der Waals surface area contributed by atoms with E-state index < -0.39 is 67.2 Å². The van der Waals surface area contributed by atoms with Crippen LogP contribution in [0.1, 0.15) is 64.5 Å². The Bertz CT molecular complexity index is 1260. The van der Waals surface area contributed by atoms with Gasteiger partial charge < -0.3 is 30.5 Å². The molecule has 0 bridgehead atoms. The third kappa shape index (κ3) is 16.5. The molecule has 1 fully saturated rings. The van der Waals surface area contributed by atoms with Crippen LogP contribution in [0.15, 0.2) is 17.1 Å². The lowest BCUT2D eigenvalue weighted by Gasteiger charge is -2.30. The van der Waals surface area contributed by atoms with Crippen molar-refractivity contribution in [2.45, 2.75) is 82.8 Å². The average Bonchev–Trinajstić information content (AvgIpc) is 3.10. The van der Waals surface area contributed by atoms with Crippen molar-refractivity contribution in [2.75, 3.05) is 39.2 Å². The average molecular weight is 683 g/mol. The van der Waals surface area contributed by atoms with Gasteiger partial charge in [0.15, 0.2) is 6.23 Å². The number of ether oxygens (including phenoxy) is 1. The summed E-state index contributed by atoms with van der Waals surface area (Å²) in [6.07, 6.45) is 3.94.